The zero-order valence-corrected chi connectivity index (χ0v) is 17.8. The number of fused-ring (bicyclic) bond motifs is 4. The summed E-state index contributed by atoms with van der Waals surface area (Å²) in [6.45, 7) is 4.03. The second kappa shape index (κ2) is 7.49. The first-order valence-corrected chi connectivity index (χ1v) is 11.1. The molecule has 7 heteroatoms. The van der Waals surface area contributed by atoms with Gasteiger partial charge in [-0.2, -0.15) is 5.10 Å². The molecule has 1 atom stereocenters. The van der Waals surface area contributed by atoms with Crippen LogP contribution in [-0.4, -0.2) is 32.9 Å². The van der Waals surface area contributed by atoms with Gasteiger partial charge in [-0.25, -0.2) is 9.78 Å². The molecule has 3 heterocycles. The molecule has 4 aromatic rings. The van der Waals surface area contributed by atoms with Crippen LogP contribution in [0.25, 0.3) is 32.2 Å². The van der Waals surface area contributed by atoms with Gasteiger partial charge in [-0.15, -0.1) is 11.3 Å². The predicted molar refractivity (Wildman–Crippen MR) is 118 cm³/mol. The van der Waals surface area contributed by atoms with Crippen LogP contribution in [0.1, 0.15) is 47.6 Å². The SMILES string of the molecule is CCOC(C(=O)O)c1c(C)nc2sc3c(c2c1-c1ccc2[nH]ncc2c1)CCCC3. The fraction of sp³-hybridized carbons (Fsp3) is 0.348. The summed E-state index contributed by atoms with van der Waals surface area (Å²) in [6, 6.07) is 6.11. The van der Waals surface area contributed by atoms with E-state index in [1.54, 1.807) is 17.5 Å². The van der Waals surface area contributed by atoms with Gasteiger partial charge in [0, 0.05) is 39.1 Å². The molecule has 5 rings (SSSR count). The minimum absolute atomic E-state index is 0.316. The summed E-state index contributed by atoms with van der Waals surface area (Å²) in [6.07, 6.45) is 5.16. The molecule has 2 N–H and O–H groups in total. The summed E-state index contributed by atoms with van der Waals surface area (Å²) in [5.41, 5.74) is 5.58. The van der Waals surface area contributed by atoms with E-state index in [1.165, 1.54) is 16.9 Å². The molecule has 3 aromatic heterocycles. The van der Waals surface area contributed by atoms with Crippen molar-refractivity contribution in [1.29, 1.82) is 0 Å². The van der Waals surface area contributed by atoms with Gasteiger partial charge in [-0.1, -0.05) is 6.07 Å². The monoisotopic (exact) mass is 421 g/mol. The second-order valence-electron chi connectivity index (χ2n) is 7.72. The lowest BCUT2D eigenvalue weighted by atomic mass is 9.88. The summed E-state index contributed by atoms with van der Waals surface area (Å²) in [7, 11) is 0. The van der Waals surface area contributed by atoms with E-state index in [0.29, 0.717) is 17.9 Å². The third-order valence-corrected chi connectivity index (χ3v) is 7.07. The maximum atomic E-state index is 12.2. The number of ether oxygens (including phenoxy) is 1. The second-order valence-corrected chi connectivity index (χ2v) is 8.81. The Bertz CT molecular complexity index is 1270. The predicted octanol–water partition coefficient (Wildman–Crippen LogP) is 5.19. The normalized spacial score (nSPS) is 14.9. The minimum atomic E-state index is -1.05. The van der Waals surface area contributed by atoms with Crippen molar-refractivity contribution in [3.8, 4) is 11.1 Å². The van der Waals surface area contributed by atoms with Gasteiger partial charge >= 0.3 is 5.97 Å². The molecule has 0 fully saturated rings. The fourth-order valence-electron chi connectivity index (χ4n) is 4.58. The first-order chi connectivity index (χ1) is 14.6. The summed E-state index contributed by atoms with van der Waals surface area (Å²) in [5, 5.41) is 19.2. The Kier molecular flexibility index (Phi) is 4.79. The Morgan fingerprint density at radius 1 is 1.33 bits per heavy atom. The Balaban J connectivity index is 1.89. The van der Waals surface area contributed by atoms with Crippen molar-refractivity contribution in [2.45, 2.75) is 45.6 Å². The number of carbonyl (C=O) groups is 1. The molecular weight excluding hydrogens is 398 g/mol. The molecule has 1 aliphatic rings. The number of carboxylic acids is 1. The summed E-state index contributed by atoms with van der Waals surface area (Å²) >= 11 is 1.75. The van der Waals surface area contributed by atoms with Crippen LogP contribution >= 0.6 is 11.3 Å². The largest absolute Gasteiger partial charge is 0.479 e. The van der Waals surface area contributed by atoms with Crippen LogP contribution in [0.15, 0.2) is 24.4 Å². The molecule has 0 spiro atoms. The minimum Gasteiger partial charge on any atom is -0.479 e. The number of benzene rings is 1. The number of aromatic amines is 1. The van der Waals surface area contributed by atoms with Gasteiger partial charge in [0.1, 0.15) is 4.83 Å². The summed E-state index contributed by atoms with van der Waals surface area (Å²) in [4.78, 5) is 19.4. The summed E-state index contributed by atoms with van der Waals surface area (Å²) in [5.74, 6) is -0.990. The third-order valence-electron chi connectivity index (χ3n) is 5.88. The number of hydrogen-bond donors (Lipinski definition) is 2. The van der Waals surface area contributed by atoms with Crippen molar-refractivity contribution >= 4 is 38.4 Å². The van der Waals surface area contributed by atoms with Crippen molar-refractivity contribution in [2.75, 3.05) is 6.61 Å². The highest BCUT2D eigenvalue weighted by molar-refractivity contribution is 7.19. The third kappa shape index (κ3) is 3.00. The van der Waals surface area contributed by atoms with E-state index < -0.39 is 12.1 Å². The number of rotatable bonds is 5. The number of pyridine rings is 1. The van der Waals surface area contributed by atoms with E-state index in [-0.39, 0.29) is 0 Å². The van der Waals surface area contributed by atoms with Crippen LogP contribution in [0.3, 0.4) is 0 Å². The molecule has 6 nitrogen and oxygen atoms in total. The number of thiophene rings is 1. The van der Waals surface area contributed by atoms with Crippen molar-refractivity contribution in [2.24, 2.45) is 0 Å². The average molecular weight is 422 g/mol. The van der Waals surface area contributed by atoms with E-state index in [1.807, 2.05) is 26.0 Å². The maximum Gasteiger partial charge on any atom is 0.337 e. The van der Waals surface area contributed by atoms with Gasteiger partial charge in [0.15, 0.2) is 6.10 Å². The molecule has 154 valence electrons. The van der Waals surface area contributed by atoms with E-state index in [2.05, 4.69) is 16.3 Å². The van der Waals surface area contributed by atoms with Crippen molar-refractivity contribution in [3.05, 3.63) is 46.1 Å². The standard InChI is InChI=1S/C23H23N3O3S/c1-3-29-21(23(27)28)18-12(2)25-22-20(15-6-4-5-7-17(15)30-22)19(18)13-8-9-16-14(10-13)11-24-26-16/h8-11,21H,3-7H2,1-2H3,(H,24,26)(H,27,28). The Morgan fingerprint density at radius 3 is 2.97 bits per heavy atom. The number of nitrogens with one attached hydrogen (secondary N) is 1. The molecule has 0 bridgehead atoms. The number of aromatic nitrogens is 3. The number of hydrogen-bond acceptors (Lipinski definition) is 5. The van der Waals surface area contributed by atoms with Crippen LogP contribution in [0.2, 0.25) is 0 Å². The average Bonchev–Trinajstić information content (AvgIpc) is 3.34. The number of carboxylic acid groups (broad SMARTS) is 1. The molecule has 0 saturated heterocycles. The van der Waals surface area contributed by atoms with Crippen molar-refractivity contribution in [1.82, 2.24) is 15.2 Å². The van der Waals surface area contributed by atoms with Gasteiger partial charge in [0.25, 0.3) is 0 Å². The highest BCUT2D eigenvalue weighted by atomic mass is 32.1. The molecule has 0 aliphatic heterocycles. The first kappa shape index (κ1) is 19.2. The molecule has 1 aliphatic carbocycles. The lowest BCUT2D eigenvalue weighted by Crippen LogP contribution is -2.18. The van der Waals surface area contributed by atoms with Crippen LogP contribution in [0.4, 0.5) is 0 Å². The maximum absolute atomic E-state index is 12.2. The molecule has 1 aromatic carbocycles. The van der Waals surface area contributed by atoms with E-state index >= 15 is 0 Å². The molecule has 0 radical (unpaired) electrons. The molecule has 30 heavy (non-hydrogen) atoms. The molecule has 1 unspecified atom stereocenters. The van der Waals surface area contributed by atoms with Crippen LogP contribution in [-0.2, 0) is 22.4 Å². The van der Waals surface area contributed by atoms with Crippen LogP contribution < -0.4 is 0 Å². The van der Waals surface area contributed by atoms with Crippen LogP contribution in [0, 0.1) is 6.92 Å². The van der Waals surface area contributed by atoms with E-state index in [9.17, 15) is 9.90 Å². The van der Waals surface area contributed by atoms with Gasteiger partial charge in [-0.05, 0) is 62.8 Å². The topological polar surface area (TPSA) is 88.1 Å². The Morgan fingerprint density at radius 2 is 2.17 bits per heavy atom. The first-order valence-electron chi connectivity index (χ1n) is 10.3. The van der Waals surface area contributed by atoms with Gasteiger partial charge in [-0.3, -0.25) is 5.10 Å². The van der Waals surface area contributed by atoms with Crippen molar-refractivity contribution in [3.63, 3.8) is 0 Å². The van der Waals surface area contributed by atoms with E-state index in [4.69, 9.17) is 9.72 Å². The van der Waals surface area contributed by atoms with E-state index in [0.717, 1.165) is 51.5 Å². The fourth-order valence-corrected chi connectivity index (χ4v) is 5.90. The zero-order chi connectivity index (χ0) is 20.8. The number of aryl methyl sites for hydroxylation is 3. The highest BCUT2D eigenvalue weighted by Gasteiger charge is 2.31. The van der Waals surface area contributed by atoms with Gasteiger partial charge < -0.3 is 9.84 Å². The van der Waals surface area contributed by atoms with Crippen molar-refractivity contribution < 1.29 is 14.6 Å². The highest BCUT2D eigenvalue weighted by Crippen LogP contribution is 2.45. The lowest BCUT2D eigenvalue weighted by Gasteiger charge is -2.21. The van der Waals surface area contributed by atoms with Gasteiger partial charge in [0.2, 0.25) is 0 Å². The lowest BCUT2D eigenvalue weighted by molar-refractivity contribution is -0.150. The van der Waals surface area contributed by atoms with Gasteiger partial charge in [0.05, 0.1) is 11.7 Å². The molecular formula is C23H23N3O3S. The Labute approximate surface area is 177 Å². The molecule has 0 saturated carbocycles. The number of nitrogens with zero attached hydrogens (tertiary/aromatic N) is 2. The smallest absolute Gasteiger partial charge is 0.337 e. The number of H-pyrrole nitrogens is 1. The molecule has 0 amide bonds. The zero-order valence-electron chi connectivity index (χ0n) is 17.0. The summed E-state index contributed by atoms with van der Waals surface area (Å²) < 4.78 is 5.72. The quantitative estimate of drug-likeness (QED) is 0.463. The van der Waals surface area contributed by atoms with Crippen LogP contribution in [0.5, 0.6) is 0 Å². The Hall–Kier alpha value is -2.77. The number of aliphatic carboxylic acids is 1.